The maximum absolute atomic E-state index is 12.5. The van der Waals surface area contributed by atoms with E-state index in [1.165, 1.54) is 6.42 Å². The number of benzene rings is 1. The molecule has 3 rings (SSSR count). The van der Waals surface area contributed by atoms with Gasteiger partial charge in [0.25, 0.3) is 0 Å². The third-order valence-corrected chi connectivity index (χ3v) is 5.10. The average molecular weight is 304 g/mol. The lowest BCUT2D eigenvalue weighted by Crippen LogP contribution is -2.44. The van der Waals surface area contributed by atoms with Crippen LogP contribution in [0.3, 0.4) is 0 Å². The van der Waals surface area contributed by atoms with Crippen LogP contribution in [0.5, 0.6) is 0 Å². The molecule has 0 N–H and O–H groups in total. The van der Waals surface area contributed by atoms with Crippen LogP contribution < -0.4 is 4.90 Å². The van der Waals surface area contributed by atoms with E-state index in [0.717, 1.165) is 42.3 Å². The van der Waals surface area contributed by atoms with Gasteiger partial charge >= 0.3 is 0 Å². The minimum atomic E-state index is 0.0535. The van der Waals surface area contributed by atoms with Crippen LogP contribution in [-0.4, -0.2) is 42.1 Å². The van der Waals surface area contributed by atoms with Gasteiger partial charge in [-0.1, -0.05) is 12.1 Å². The molecule has 2 aliphatic rings. The molecule has 0 spiro atoms. The highest BCUT2D eigenvalue weighted by atomic mass is 32.2. The van der Waals surface area contributed by atoms with Gasteiger partial charge in [-0.25, -0.2) is 0 Å². The number of carbonyl (C=O) groups excluding carboxylic acids is 2. The number of hydrogen-bond donors (Lipinski definition) is 0. The maximum Gasteiger partial charge on any atom is 0.242 e. The SMILES string of the molecule is O=C(CN1C(=O)CCSc2ccccc21)N1CCCCC1. The minimum absolute atomic E-state index is 0.0535. The van der Waals surface area contributed by atoms with Crippen molar-refractivity contribution in [2.75, 3.05) is 30.3 Å². The van der Waals surface area contributed by atoms with Crippen molar-refractivity contribution in [2.45, 2.75) is 30.6 Å². The number of amides is 2. The molecule has 2 amide bonds. The Bertz CT molecular complexity index is 541. The molecule has 0 aromatic heterocycles. The number of piperidine rings is 1. The van der Waals surface area contributed by atoms with Crippen LogP contribution >= 0.6 is 11.8 Å². The first kappa shape index (κ1) is 14.4. The van der Waals surface area contributed by atoms with Crippen molar-refractivity contribution in [1.29, 1.82) is 0 Å². The molecule has 0 radical (unpaired) electrons. The Balaban J connectivity index is 1.79. The van der Waals surface area contributed by atoms with Crippen LogP contribution in [0.25, 0.3) is 0 Å². The van der Waals surface area contributed by atoms with Gasteiger partial charge in [0, 0.05) is 30.2 Å². The Morgan fingerprint density at radius 3 is 2.71 bits per heavy atom. The number of likely N-dealkylation sites (tertiary alicyclic amines) is 1. The number of para-hydroxylation sites is 1. The summed E-state index contributed by atoms with van der Waals surface area (Å²) in [6.45, 7) is 1.84. The lowest BCUT2D eigenvalue weighted by Gasteiger charge is -2.30. The van der Waals surface area contributed by atoms with E-state index >= 15 is 0 Å². The highest BCUT2D eigenvalue weighted by Crippen LogP contribution is 2.33. The summed E-state index contributed by atoms with van der Waals surface area (Å²) in [6, 6.07) is 7.87. The van der Waals surface area contributed by atoms with Crippen LogP contribution in [-0.2, 0) is 9.59 Å². The highest BCUT2D eigenvalue weighted by Gasteiger charge is 2.26. The number of anilines is 1. The lowest BCUT2D eigenvalue weighted by molar-refractivity contribution is -0.132. The van der Waals surface area contributed by atoms with Crippen molar-refractivity contribution in [2.24, 2.45) is 0 Å². The van der Waals surface area contributed by atoms with Gasteiger partial charge in [0.2, 0.25) is 11.8 Å². The molecule has 0 atom stereocenters. The number of hydrogen-bond acceptors (Lipinski definition) is 3. The van der Waals surface area contributed by atoms with E-state index in [1.807, 2.05) is 29.2 Å². The number of fused-ring (bicyclic) bond motifs is 1. The van der Waals surface area contributed by atoms with Gasteiger partial charge in [-0.15, -0.1) is 11.8 Å². The van der Waals surface area contributed by atoms with Crippen LogP contribution in [0, 0.1) is 0 Å². The van der Waals surface area contributed by atoms with Crippen LogP contribution in [0.4, 0.5) is 5.69 Å². The summed E-state index contributed by atoms with van der Waals surface area (Å²) in [5, 5.41) is 0. The van der Waals surface area contributed by atoms with Crippen LogP contribution in [0.15, 0.2) is 29.2 Å². The van der Waals surface area contributed by atoms with E-state index in [2.05, 4.69) is 0 Å². The monoisotopic (exact) mass is 304 g/mol. The van der Waals surface area contributed by atoms with E-state index in [0.29, 0.717) is 6.42 Å². The second-order valence-electron chi connectivity index (χ2n) is 5.49. The Hall–Kier alpha value is -1.49. The molecular formula is C16H20N2O2S. The van der Waals surface area contributed by atoms with Crippen molar-refractivity contribution in [3.63, 3.8) is 0 Å². The summed E-state index contributed by atoms with van der Waals surface area (Å²) in [5.41, 5.74) is 0.885. The Morgan fingerprint density at radius 1 is 1.14 bits per heavy atom. The first-order valence-corrected chi connectivity index (χ1v) is 8.54. The third kappa shape index (κ3) is 3.23. The molecular weight excluding hydrogens is 284 g/mol. The largest absolute Gasteiger partial charge is 0.341 e. The zero-order chi connectivity index (χ0) is 14.7. The predicted molar refractivity (Wildman–Crippen MR) is 84.6 cm³/mol. The summed E-state index contributed by atoms with van der Waals surface area (Å²) >= 11 is 1.69. The molecule has 0 saturated carbocycles. The predicted octanol–water partition coefficient (Wildman–Crippen LogP) is 2.53. The molecule has 5 heteroatoms. The van der Waals surface area contributed by atoms with Gasteiger partial charge < -0.3 is 9.80 Å². The molecule has 21 heavy (non-hydrogen) atoms. The van der Waals surface area contributed by atoms with Crippen molar-refractivity contribution >= 4 is 29.3 Å². The number of carbonyl (C=O) groups is 2. The van der Waals surface area contributed by atoms with E-state index in [-0.39, 0.29) is 18.4 Å². The van der Waals surface area contributed by atoms with Crippen molar-refractivity contribution in [3.8, 4) is 0 Å². The van der Waals surface area contributed by atoms with Gasteiger partial charge in [0.05, 0.1) is 5.69 Å². The molecule has 2 heterocycles. The van der Waals surface area contributed by atoms with Gasteiger partial charge in [-0.05, 0) is 31.4 Å². The lowest BCUT2D eigenvalue weighted by atomic mass is 10.1. The van der Waals surface area contributed by atoms with E-state index in [4.69, 9.17) is 0 Å². The molecule has 1 aromatic rings. The van der Waals surface area contributed by atoms with E-state index in [1.54, 1.807) is 16.7 Å². The van der Waals surface area contributed by atoms with Gasteiger partial charge in [-0.2, -0.15) is 0 Å². The molecule has 0 bridgehead atoms. The smallest absolute Gasteiger partial charge is 0.242 e. The highest BCUT2D eigenvalue weighted by molar-refractivity contribution is 7.99. The van der Waals surface area contributed by atoms with Crippen LogP contribution in [0.2, 0.25) is 0 Å². The summed E-state index contributed by atoms with van der Waals surface area (Å²) in [7, 11) is 0. The fraction of sp³-hybridized carbons (Fsp3) is 0.500. The Morgan fingerprint density at radius 2 is 1.90 bits per heavy atom. The molecule has 2 aliphatic heterocycles. The fourth-order valence-corrected chi connectivity index (χ4v) is 3.87. The normalized spacial score (nSPS) is 19.1. The van der Waals surface area contributed by atoms with Crippen molar-refractivity contribution in [3.05, 3.63) is 24.3 Å². The molecule has 0 unspecified atom stereocenters. The standard InChI is InChI=1S/C16H20N2O2S/c19-15-8-11-21-14-7-3-2-6-13(14)18(15)12-16(20)17-9-4-1-5-10-17/h2-3,6-7H,1,4-5,8-12H2. The number of rotatable bonds is 2. The third-order valence-electron chi connectivity index (χ3n) is 4.03. The summed E-state index contributed by atoms with van der Waals surface area (Å²) in [5.74, 6) is 0.909. The summed E-state index contributed by atoms with van der Waals surface area (Å²) in [4.78, 5) is 29.5. The number of nitrogens with zero attached hydrogens (tertiary/aromatic N) is 2. The fourth-order valence-electron chi connectivity index (χ4n) is 2.87. The minimum Gasteiger partial charge on any atom is -0.341 e. The van der Waals surface area contributed by atoms with Crippen molar-refractivity contribution < 1.29 is 9.59 Å². The molecule has 1 aromatic carbocycles. The van der Waals surface area contributed by atoms with Gasteiger partial charge in [0.1, 0.15) is 6.54 Å². The topological polar surface area (TPSA) is 40.6 Å². The molecule has 1 saturated heterocycles. The van der Waals surface area contributed by atoms with Crippen molar-refractivity contribution in [1.82, 2.24) is 4.90 Å². The second kappa shape index (κ2) is 6.52. The van der Waals surface area contributed by atoms with Gasteiger partial charge in [0.15, 0.2) is 0 Å². The molecule has 4 nitrogen and oxygen atoms in total. The molecule has 112 valence electrons. The number of thioether (sulfide) groups is 1. The van der Waals surface area contributed by atoms with E-state index in [9.17, 15) is 9.59 Å². The second-order valence-corrected chi connectivity index (χ2v) is 6.62. The van der Waals surface area contributed by atoms with Crippen LogP contribution in [0.1, 0.15) is 25.7 Å². The molecule has 1 fully saturated rings. The molecule has 0 aliphatic carbocycles. The Labute approximate surface area is 129 Å². The first-order valence-electron chi connectivity index (χ1n) is 7.56. The summed E-state index contributed by atoms with van der Waals surface area (Å²) < 4.78 is 0. The van der Waals surface area contributed by atoms with E-state index < -0.39 is 0 Å². The quantitative estimate of drug-likeness (QED) is 0.843. The average Bonchev–Trinajstić information content (AvgIpc) is 2.68. The zero-order valence-corrected chi connectivity index (χ0v) is 12.9. The maximum atomic E-state index is 12.5. The van der Waals surface area contributed by atoms with Gasteiger partial charge in [-0.3, -0.25) is 9.59 Å². The Kier molecular flexibility index (Phi) is 4.48. The summed E-state index contributed by atoms with van der Waals surface area (Å²) in [6.07, 6.45) is 3.84. The zero-order valence-electron chi connectivity index (χ0n) is 12.1. The first-order chi connectivity index (χ1) is 10.3.